The molecule has 2 aliphatic heterocycles. The van der Waals surface area contributed by atoms with Gasteiger partial charge in [0.25, 0.3) is 5.91 Å². The number of anilines is 1. The molecule has 9 heteroatoms. The van der Waals surface area contributed by atoms with Crippen molar-refractivity contribution >= 4 is 23.2 Å². The molecule has 0 unspecified atom stereocenters. The van der Waals surface area contributed by atoms with Gasteiger partial charge in [-0.3, -0.25) is 9.69 Å². The first-order valence-corrected chi connectivity index (χ1v) is 12.5. The fourth-order valence-corrected chi connectivity index (χ4v) is 5.43. The molecule has 34 heavy (non-hydrogen) atoms. The second kappa shape index (κ2) is 10.2. The molecule has 3 N–H and O–H groups in total. The van der Waals surface area contributed by atoms with Crippen LogP contribution in [-0.2, 0) is 14.2 Å². The van der Waals surface area contributed by atoms with Crippen LogP contribution in [0.25, 0.3) is 0 Å². The summed E-state index contributed by atoms with van der Waals surface area (Å²) in [4.78, 5) is 15.5. The maximum absolute atomic E-state index is 13.0. The van der Waals surface area contributed by atoms with Crippen molar-refractivity contribution in [1.29, 1.82) is 0 Å². The van der Waals surface area contributed by atoms with E-state index < -0.39 is 5.79 Å². The van der Waals surface area contributed by atoms with Crippen LogP contribution < -0.4 is 15.8 Å². The van der Waals surface area contributed by atoms with Crippen LogP contribution in [0.15, 0.2) is 12.1 Å². The zero-order valence-electron chi connectivity index (χ0n) is 20.7. The number of nitrogens with one attached hydrogen (secondary N) is 1. The second-order valence-electron chi connectivity index (χ2n) is 10.6. The van der Waals surface area contributed by atoms with Gasteiger partial charge < -0.3 is 30.0 Å². The van der Waals surface area contributed by atoms with E-state index >= 15 is 0 Å². The van der Waals surface area contributed by atoms with Gasteiger partial charge >= 0.3 is 0 Å². The van der Waals surface area contributed by atoms with Crippen molar-refractivity contribution in [3.05, 3.63) is 22.7 Å². The maximum Gasteiger partial charge on any atom is 0.255 e. The third-order valence-corrected chi connectivity index (χ3v) is 7.79. The number of carbonyl (C=O) groups excluding carboxylic acids is 1. The second-order valence-corrected chi connectivity index (χ2v) is 11.0. The molecule has 1 aromatic carbocycles. The normalized spacial score (nSPS) is 27.4. The SMILES string of the molecule is COc1cc(N)c(Cl)cc1C(=O)N[C@@H]1CCN(C2CCC3(CC2)OCC(C)(C)CO3)C[C@@H]1OC. The smallest absolute Gasteiger partial charge is 0.255 e. The Kier molecular flexibility index (Phi) is 7.64. The van der Waals surface area contributed by atoms with E-state index in [0.29, 0.717) is 28.1 Å². The van der Waals surface area contributed by atoms with Gasteiger partial charge in [-0.2, -0.15) is 0 Å². The van der Waals surface area contributed by atoms with Gasteiger partial charge in [-0.25, -0.2) is 0 Å². The molecule has 2 atom stereocenters. The number of benzene rings is 1. The van der Waals surface area contributed by atoms with Gasteiger partial charge in [-0.15, -0.1) is 0 Å². The van der Waals surface area contributed by atoms with Crippen molar-refractivity contribution in [1.82, 2.24) is 10.2 Å². The average Bonchev–Trinajstić information content (AvgIpc) is 2.83. The lowest BCUT2D eigenvalue weighted by Crippen LogP contribution is -2.58. The lowest BCUT2D eigenvalue weighted by atomic mass is 9.85. The van der Waals surface area contributed by atoms with Crippen LogP contribution in [0.3, 0.4) is 0 Å². The fourth-order valence-electron chi connectivity index (χ4n) is 5.27. The number of likely N-dealkylation sites (tertiary alicyclic amines) is 1. The molecule has 0 radical (unpaired) electrons. The number of hydrogen-bond donors (Lipinski definition) is 2. The monoisotopic (exact) mass is 495 g/mol. The summed E-state index contributed by atoms with van der Waals surface area (Å²) in [5, 5.41) is 3.45. The molecule has 190 valence electrons. The summed E-state index contributed by atoms with van der Waals surface area (Å²) in [5.74, 6) is -0.246. The van der Waals surface area contributed by atoms with E-state index in [0.717, 1.165) is 58.4 Å². The Hall–Kier alpha value is -1.58. The lowest BCUT2D eigenvalue weighted by molar-refractivity contribution is -0.312. The van der Waals surface area contributed by atoms with Gasteiger partial charge in [-0.1, -0.05) is 25.4 Å². The van der Waals surface area contributed by atoms with Gasteiger partial charge in [-0.05, 0) is 25.3 Å². The number of hydrogen-bond acceptors (Lipinski definition) is 7. The Balaban J connectivity index is 1.33. The Morgan fingerprint density at radius 2 is 1.85 bits per heavy atom. The first-order valence-electron chi connectivity index (χ1n) is 12.1. The minimum absolute atomic E-state index is 0.0851. The highest BCUT2D eigenvalue weighted by molar-refractivity contribution is 6.33. The van der Waals surface area contributed by atoms with E-state index in [1.54, 1.807) is 19.2 Å². The van der Waals surface area contributed by atoms with Crippen LogP contribution in [0.5, 0.6) is 5.75 Å². The van der Waals surface area contributed by atoms with Crippen molar-refractivity contribution in [3.8, 4) is 5.75 Å². The number of halogens is 1. The molecule has 1 saturated carbocycles. The first-order chi connectivity index (χ1) is 16.1. The summed E-state index contributed by atoms with van der Waals surface area (Å²) in [7, 11) is 3.21. The molecule has 8 nitrogen and oxygen atoms in total. The van der Waals surface area contributed by atoms with Gasteiger partial charge in [0.1, 0.15) is 5.75 Å². The van der Waals surface area contributed by atoms with Crippen molar-refractivity contribution < 1.29 is 23.7 Å². The molecule has 0 bridgehead atoms. The molecule has 3 aliphatic rings. The number of nitrogens with zero attached hydrogens (tertiary/aromatic N) is 1. The summed E-state index contributed by atoms with van der Waals surface area (Å²) < 4.78 is 23.5. The zero-order chi connectivity index (χ0) is 24.5. The van der Waals surface area contributed by atoms with Crippen LogP contribution in [0.1, 0.15) is 56.3 Å². The number of amides is 1. The summed E-state index contributed by atoms with van der Waals surface area (Å²) >= 11 is 6.15. The predicted octanol–water partition coefficient (Wildman–Crippen LogP) is 3.46. The topological polar surface area (TPSA) is 95.3 Å². The number of carbonyl (C=O) groups is 1. The van der Waals surface area contributed by atoms with Crippen LogP contribution >= 0.6 is 11.6 Å². The Bertz CT molecular complexity index is 876. The summed E-state index contributed by atoms with van der Waals surface area (Å²) in [5.41, 5.74) is 6.68. The third-order valence-electron chi connectivity index (χ3n) is 7.46. The van der Waals surface area contributed by atoms with Gasteiger partial charge in [0, 0.05) is 50.6 Å². The zero-order valence-corrected chi connectivity index (χ0v) is 21.5. The molecule has 4 rings (SSSR count). The first kappa shape index (κ1) is 25.5. The highest BCUT2D eigenvalue weighted by Crippen LogP contribution is 2.41. The molecular formula is C25H38ClN3O5. The molecule has 3 fully saturated rings. The lowest BCUT2D eigenvalue weighted by Gasteiger charge is -2.49. The van der Waals surface area contributed by atoms with Crippen molar-refractivity contribution in [3.63, 3.8) is 0 Å². The largest absolute Gasteiger partial charge is 0.496 e. The van der Waals surface area contributed by atoms with E-state index in [4.69, 9.17) is 36.3 Å². The highest BCUT2D eigenvalue weighted by Gasteiger charge is 2.45. The maximum atomic E-state index is 13.0. The quantitative estimate of drug-likeness (QED) is 0.604. The molecule has 0 aromatic heterocycles. The van der Waals surface area contributed by atoms with Crippen molar-refractivity contribution in [2.45, 2.75) is 69.9 Å². The predicted molar refractivity (Wildman–Crippen MR) is 131 cm³/mol. The van der Waals surface area contributed by atoms with Crippen LogP contribution in [0.4, 0.5) is 5.69 Å². The number of nitrogens with two attached hydrogens (primary N) is 1. The van der Waals surface area contributed by atoms with Crippen LogP contribution in [0, 0.1) is 5.41 Å². The molecule has 2 heterocycles. The van der Waals surface area contributed by atoms with Crippen LogP contribution in [-0.4, -0.2) is 75.3 Å². The van der Waals surface area contributed by atoms with E-state index in [1.165, 1.54) is 7.11 Å². The minimum atomic E-state index is -0.404. The van der Waals surface area contributed by atoms with Crippen LogP contribution in [0.2, 0.25) is 5.02 Å². The third kappa shape index (κ3) is 5.46. The van der Waals surface area contributed by atoms with Gasteiger partial charge in [0.05, 0.1) is 48.7 Å². The Morgan fingerprint density at radius 1 is 1.18 bits per heavy atom. The van der Waals surface area contributed by atoms with E-state index in [9.17, 15) is 4.79 Å². The molecule has 1 aromatic rings. The average molecular weight is 496 g/mol. The Labute approximate surface area is 207 Å². The molecule has 1 aliphatic carbocycles. The molecule has 1 spiro atoms. The molecular weight excluding hydrogens is 458 g/mol. The molecule has 1 amide bonds. The Morgan fingerprint density at radius 3 is 2.47 bits per heavy atom. The number of methoxy groups -OCH3 is 2. The van der Waals surface area contributed by atoms with E-state index in [1.807, 2.05) is 0 Å². The standard InChI is InChI=1S/C25H38ClN3O5/c1-24(2)14-33-25(34-15-24)8-5-16(6-9-25)29-10-7-20(22(13-29)32-4)28-23(30)17-11-18(26)19(27)12-21(17)31-3/h11-12,16,20,22H,5-10,13-15,27H2,1-4H3,(H,28,30)/t20-,22+/m1/s1. The minimum Gasteiger partial charge on any atom is -0.496 e. The summed E-state index contributed by atoms with van der Waals surface area (Å²) in [6.45, 7) is 7.52. The fraction of sp³-hybridized carbons (Fsp3) is 0.720. The number of piperidine rings is 1. The number of ether oxygens (including phenoxy) is 4. The number of nitrogen functional groups attached to an aromatic ring is 1. The van der Waals surface area contributed by atoms with E-state index in [-0.39, 0.29) is 23.5 Å². The van der Waals surface area contributed by atoms with Crippen molar-refractivity contribution in [2.24, 2.45) is 5.41 Å². The summed E-state index contributed by atoms with van der Waals surface area (Å²) in [6, 6.07) is 3.50. The van der Waals surface area contributed by atoms with Gasteiger partial charge in [0.2, 0.25) is 0 Å². The summed E-state index contributed by atoms with van der Waals surface area (Å²) in [6.07, 6.45) is 4.61. The molecule has 2 saturated heterocycles. The van der Waals surface area contributed by atoms with Gasteiger partial charge in [0.15, 0.2) is 5.79 Å². The highest BCUT2D eigenvalue weighted by atomic mass is 35.5. The van der Waals surface area contributed by atoms with Crippen molar-refractivity contribution in [2.75, 3.05) is 46.3 Å². The van der Waals surface area contributed by atoms with E-state index in [2.05, 4.69) is 24.1 Å². The number of rotatable bonds is 5.